The van der Waals surface area contributed by atoms with E-state index in [1.54, 1.807) is 36.4 Å². The van der Waals surface area contributed by atoms with E-state index < -0.39 is 5.91 Å². The van der Waals surface area contributed by atoms with Crippen molar-refractivity contribution in [1.29, 1.82) is 0 Å². The van der Waals surface area contributed by atoms with Crippen LogP contribution in [-0.4, -0.2) is 16.4 Å². The molecule has 158 valence electrons. The van der Waals surface area contributed by atoms with E-state index in [4.69, 9.17) is 23.2 Å². The summed E-state index contributed by atoms with van der Waals surface area (Å²) in [6, 6.07) is 12.7. The standard InChI is InChI=1S/C22H16BrCl2N3O3/c23-15-8-7-14(26-21(30)12-4-5-12)10-18(15)27-22(31)13-6-9-19(29)28(11-13)20-16(24)2-1-3-17(20)25/h1-3,6-12H,4-5H2,(H,26,30)(H,27,31). The maximum atomic E-state index is 12.9. The number of hydrogen-bond donors (Lipinski definition) is 2. The zero-order chi connectivity index (χ0) is 22.1. The minimum absolute atomic E-state index is 0.0247. The summed E-state index contributed by atoms with van der Waals surface area (Å²) >= 11 is 15.8. The van der Waals surface area contributed by atoms with Crippen LogP contribution in [0, 0.1) is 5.92 Å². The third-order valence-electron chi connectivity index (χ3n) is 4.78. The van der Waals surface area contributed by atoms with Gasteiger partial charge in [-0.05, 0) is 65.2 Å². The van der Waals surface area contributed by atoms with Gasteiger partial charge < -0.3 is 10.6 Å². The van der Waals surface area contributed by atoms with Crippen LogP contribution in [0.2, 0.25) is 10.0 Å². The minimum atomic E-state index is -0.441. The van der Waals surface area contributed by atoms with Gasteiger partial charge in [0.05, 0.1) is 27.0 Å². The van der Waals surface area contributed by atoms with Crippen LogP contribution in [0.25, 0.3) is 5.69 Å². The minimum Gasteiger partial charge on any atom is -0.326 e. The second kappa shape index (κ2) is 8.86. The molecule has 4 rings (SSSR count). The molecule has 1 fully saturated rings. The largest absolute Gasteiger partial charge is 0.326 e. The Hall–Kier alpha value is -2.61. The number of nitrogens with one attached hydrogen (secondary N) is 2. The first-order valence-electron chi connectivity index (χ1n) is 9.42. The quantitative estimate of drug-likeness (QED) is 0.465. The van der Waals surface area contributed by atoms with Gasteiger partial charge in [0.2, 0.25) is 5.91 Å². The Kier molecular flexibility index (Phi) is 6.18. The average molecular weight is 521 g/mol. The lowest BCUT2D eigenvalue weighted by molar-refractivity contribution is -0.117. The van der Waals surface area contributed by atoms with Crippen LogP contribution in [0.1, 0.15) is 23.2 Å². The molecule has 0 saturated heterocycles. The number of carbonyl (C=O) groups excluding carboxylic acids is 2. The number of rotatable bonds is 5. The summed E-state index contributed by atoms with van der Waals surface area (Å²) in [5.41, 5.74) is 1.22. The van der Waals surface area contributed by atoms with Crippen molar-refractivity contribution in [3.05, 3.63) is 85.2 Å². The van der Waals surface area contributed by atoms with Gasteiger partial charge in [-0.15, -0.1) is 0 Å². The molecule has 2 aromatic carbocycles. The zero-order valence-corrected chi connectivity index (χ0v) is 19.1. The van der Waals surface area contributed by atoms with Crippen LogP contribution in [0.4, 0.5) is 11.4 Å². The van der Waals surface area contributed by atoms with E-state index >= 15 is 0 Å². The lowest BCUT2D eigenvalue weighted by atomic mass is 10.2. The first kappa shape index (κ1) is 21.6. The predicted octanol–water partition coefficient (Wildman–Crippen LogP) is 5.51. The maximum Gasteiger partial charge on any atom is 0.257 e. The van der Waals surface area contributed by atoms with Gasteiger partial charge in [-0.3, -0.25) is 19.0 Å². The number of nitrogens with zero attached hydrogens (tertiary/aromatic N) is 1. The molecule has 3 aromatic rings. The first-order valence-corrected chi connectivity index (χ1v) is 11.0. The third kappa shape index (κ3) is 4.84. The normalized spacial score (nSPS) is 13.0. The summed E-state index contributed by atoms with van der Waals surface area (Å²) in [6.45, 7) is 0. The molecule has 1 heterocycles. The van der Waals surface area contributed by atoms with Gasteiger partial charge in [-0.2, -0.15) is 0 Å². The van der Waals surface area contributed by atoms with Crippen molar-refractivity contribution in [1.82, 2.24) is 4.57 Å². The zero-order valence-electron chi connectivity index (χ0n) is 16.0. The van der Waals surface area contributed by atoms with Crippen molar-refractivity contribution >= 4 is 62.3 Å². The molecule has 1 aliphatic rings. The fourth-order valence-electron chi connectivity index (χ4n) is 3.00. The van der Waals surface area contributed by atoms with Crippen molar-refractivity contribution in [2.45, 2.75) is 12.8 Å². The van der Waals surface area contributed by atoms with Gasteiger partial charge in [-0.25, -0.2) is 0 Å². The Morgan fingerprint density at radius 3 is 2.39 bits per heavy atom. The Balaban J connectivity index is 1.61. The number of para-hydroxylation sites is 1. The third-order valence-corrected chi connectivity index (χ3v) is 6.08. The average Bonchev–Trinajstić information content (AvgIpc) is 3.57. The van der Waals surface area contributed by atoms with E-state index in [-0.39, 0.29) is 33.0 Å². The van der Waals surface area contributed by atoms with Crippen LogP contribution in [0.15, 0.2) is 64.0 Å². The van der Waals surface area contributed by atoms with Crippen LogP contribution < -0.4 is 16.2 Å². The molecule has 0 radical (unpaired) electrons. The van der Waals surface area contributed by atoms with Gasteiger partial charge in [0, 0.05) is 28.3 Å². The van der Waals surface area contributed by atoms with Gasteiger partial charge in [0.25, 0.3) is 11.5 Å². The summed E-state index contributed by atoms with van der Waals surface area (Å²) < 4.78 is 1.88. The summed E-state index contributed by atoms with van der Waals surface area (Å²) in [6.07, 6.45) is 3.19. The smallest absolute Gasteiger partial charge is 0.257 e. The van der Waals surface area contributed by atoms with Gasteiger partial charge in [-0.1, -0.05) is 29.3 Å². The Morgan fingerprint density at radius 1 is 1.00 bits per heavy atom. The Labute approximate surface area is 196 Å². The van der Waals surface area contributed by atoms with Gasteiger partial charge in [0.15, 0.2) is 0 Å². The number of anilines is 2. The lowest BCUT2D eigenvalue weighted by Crippen LogP contribution is -2.21. The van der Waals surface area contributed by atoms with E-state index in [9.17, 15) is 14.4 Å². The summed E-state index contributed by atoms with van der Waals surface area (Å²) in [5.74, 6) is -0.397. The highest BCUT2D eigenvalue weighted by molar-refractivity contribution is 9.10. The highest BCUT2D eigenvalue weighted by atomic mass is 79.9. The number of hydrogen-bond acceptors (Lipinski definition) is 3. The molecule has 1 aromatic heterocycles. The van der Waals surface area contributed by atoms with Crippen molar-refractivity contribution in [3.63, 3.8) is 0 Å². The molecule has 0 atom stereocenters. The molecule has 1 aliphatic carbocycles. The van der Waals surface area contributed by atoms with Gasteiger partial charge in [0.1, 0.15) is 0 Å². The fourth-order valence-corrected chi connectivity index (χ4v) is 3.92. The van der Waals surface area contributed by atoms with E-state index in [1.165, 1.54) is 22.9 Å². The number of halogens is 3. The number of carbonyl (C=O) groups is 2. The number of aromatic nitrogens is 1. The summed E-state index contributed by atoms with van der Waals surface area (Å²) in [5, 5.41) is 6.22. The van der Waals surface area contributed by atoms with Crippen molar-refractivity contribution in [2.75, 3.05) is 10.6 Å². The van der Waals surface area contributed by atoms with Crippen LogP contribution in [0.3, 0.4) is 0 Å². The highest BCUT2D eigenvalue weighted by Crippen LogP contribution is 2.32. The molecule has 0 unspecified atom stereocenters. The molecule has 2 N–H and O–H groups in total. The molecular formula is C22H16BrCl2N3O3. The van der Waals surface area contributed by atoms with Crippen LogP contribution >= 0.6 is 39.1 Å². The van der Waals surface area contributed by atoms with E-state index in [2.05, 4.69) is 26.6 Å². The SMILES string of the molecule is O=C(Nc1cc(NC(=O)C2CC2)ccc1Br)c1ccc(=O)n(-c2c(Cl)cccc2Cl)c1. The first-order chi connectivity index (χ1) is 14.8. The molecule has 1 saturated carbocycles. The second-order valence-electron chi connectivity index (χ2n) is 7.11. The summed E-state index contributed by atoms with van der Waals surface area (Å²) in [4.78, 5) is 37.3. The van der Waals surface area contributed by atoms with Crippen LogP contribution in [0.5, 0.6) is 0 Å². The number of benzene rings is 2. The Morgan fingerprint density at radius 2 is 1.71 bits per heavy atom. The molecule has 0 spiro atoms. The van der Waals surface area contributed by atoms with Gasteiger partial charge >= 0.3 is 0 Å². The Bertz CT molecular complexity index is 1230. The maximum absolute atomic E-state index is 12.9. The molecule has 0 aliphatic heterocycles. The second-order valence-corrected chi connectivity index (χ2v) is 8.78. The van der Waals surface area contributed by atoms with E-state index in [0.717, 1.165) is 12.8 Å². The van der Waals surface area contributed by atoms with Crippen molar-refractivity contribution in [2.24, 2.45) is 5.92 Å². The molecule has 31 heavy (non-hydrogen) atoms. The lowest BCUT2D eigenvalue weighted by Gasteiger charge is -2.13. The fraction of sp³-hybridized carbons (Fsp3) is 0.136. The molecule has 2 amide bonds. The summed E-state index contributed by atoms with van der Waals surface area (Å²) in [7, 11) is 0. The highest BCUT2D eigenvalue weighted by Gasteiger charge is 2.29. The number of amides is 2. The van der Waals surface area contributed by atoms with Crippen molar-refractivity contribution in [3.8, 4) is 5.69 Å². The monoisotopic (exact) mass is 519 g/mol. The molecule has 9 heteroatoms. The molecule has 6 nitrogen and oxygen atoms in total. The molecule has 0 bridgehead atoms. The van der Waals surface area contributed by atoms with E-state index in [1.807, 2.05) is 0 Å². The van der Waals surface area contributed by atoms with Crippen LogP contribution in [-0.2, 0) is 4.79 Å². The topological polar surface area (TPSA) is 80.2 Å². The predicted molar refractivity (Wildman–Crippen MR) is 126 cm³/mol. The van der Waals surface area contributed by atoms with Crippen molar-refractivity contribution < 1.29 is 9.59 Å². The molecular weight excluding hydrogens is 505 g/mol. The number of pyridine rings is 1. The van der Waals surface area contributed by atoms with E-state index in [0.29, 0.717) is 21.5 Å².